The molecule has 0 aliphatic carbocycles. The molecule has 2 aromatic carbocycles. The van der Waals surface area contributed by atoms with E-state index in [1.54, 1.807) is 43.6 Å². The average Bonchev–Trinajstić information content (AvgIpc) is 3.03. The molecule has 0 spiro atoms. The number of nitrogens with zero attached hydrogens (tertiary/aromatic N) is 3. The lowest BCUT2D eigenvalue weighted by atomic mass is 10.1. The van der Waals surface area contributed by atoms with E-state index in [0.29, 0.717) is 17.0 Å². The Bertz CT molecular complexity index is 829. The van der Waals surface area contributed by atoms with Gasteiger partial charge in [0, 0.05) is 5.56 Å². The van der Waals surface area contributed by atoms with Gasteiger partial charge in [-0.1, -0.05) is 17.3 Å². The van der Waals surface area contributed by atoms with Crippen molar-refractivity contribution in [3.8, 4) is 28.4 Å². The molecule has 24 heavy (non-hydrogen) atoms. The van der Waals surface area contributed by atoms with Gasteiger partial charge in [0.05, 0.1) is 19.0 Å². The second-order valence-electron chi connectivity index (χ2n) is 4.82. The number of ether oxygens (including phenoxy) is 2. The summed E-state index contributed by atoms with van der Waals surface area (Å²) in [6, 6.07) is 12.7. The van der Waals surface area contributed by atoms with Crippen LogP contribution in [0.2, 0.25) is 0 Å². The molecule has 0 amide bonds. The van der Waals surface area contributed by atoms with Crippen LogP contribution in [0.1, 0.15) is 0 Å². The second-order valence-corrected chi connectivity index (χ2v) is 4.82. The molecule has 0 N–H and O–H groups in total. The number of benzene rings is 2. The van der Waals surface area contributed by atoms with Crippen molar-refractivity contribution in [1.29, 1.82) is 0 Å². The third-order valence-electron chi connectivity index (χ3n) is 3.19. The van der Waals surface area contributed by atoms with Gasteiger partial charge in [0.2, 0.25) is 0 Å². The molecule has 0 aliphatic heterocycles. The van der Waals surface area contributed by atoms with Gasteiger partial charge in [0.25, 0.3) is 0 Å². The van der Waals surface area contributed by atoms with Gasteiger partial charge in [0.15, 0.2) is 0 Å². The molecular weight excluding hydrogens is 323 g/mol. The van der Waals surface area contributed by atoms with Crippen molar-refractivity contribution in [2.45, 2.75) is 6.36 Å². The molecule has 0 fully saturated rings. The normalized spacial score (nSPS) is 11.3. The van der Waals surface area contributed by atoms with E-state index in [4.69, 9.17) is 4.74 Å². The van der Waals surface area contributed by atoms with Crippen LogP contribution in [0.4, 0.5) is 13.2 Å². The molecule has 0 aliphatic rings. The van der Waals surface area contributed by atoms with Crippen LogP contribution in [0, 0.1) is 0 Å². The molecule has 0 radical (unpaired) electrons. The number of rotatable bonds is 4. The summed E-state index contributed by atoms with van der Waals surface area (Å²) in [4.78, 5) is 0. The van der Waals surface area contributed by atoms with E-state index < -0.39 is 6.36 Å². The lowest BCUT2D eigenvalue weighted by Crippen LogP contribution is -2.17. The standard InChI is InChI=1S/C16H12F3N3O2/c1-23-13-7-5-12(6-8-13)22-10-15(20-21-22)11-3-2-4-14(9-11)24-16(17,18)19/h2-10H,1H3. The first-order chi connectivity index (χ1) is 11.4. The zero-order valence-corrected chi connectivity index (χ0v) is 12.5. The topological polar surface area (TPSA) is 49.2 Å². The van der Waals surface area contributed by atoms with E-state index in [1.807, 2.05) is 0 Å². The van der Waals surface area contributed by atoms with Crippen molar-refractivity contribution in [3.05, 3.63) is 54.7 Å². The quantitative estimate of drug-likeness (QED) is 0.727. The van der Waals surface area contributed by atoms with Crippen LogP contribution < -0.4 is 9.47 Å². The number of methoxy groups -OCH3 is 1. The molecule has 3 aromatic rings. The maximum absolute atomic E-state index is 12.3. The fourth-order valence-electron chi connectivity index (χ4n) is 2.11. The van der Waals surface area contributed by atoms with E-state index in [0.717, 1.165) is 5.69 Å². The largest absolute Gasteiger partial charge is 0.573 e. The van der Waals surface area contributed by atoms with Crippen molar-refractivity contribution in [2.24, 2.45) is 0 Å². The highest BCUT2D eigenvalue weighted by Crippen LogP contribution is 2.27. The third-order valence-corrected chi connectivity index (χ3v) is 3.19. The van der Waals surface area contributed by atoms with Crippen molar-refractivity contribution in [1.82, 2.24) is 15.0 Å². The van der Waals surface area contributed by atoms with Gasteiger partial charge in [-0.2, -0.15) is 0 Å². The van der Waals surface area contributed by atoms with E-state index in [9.17, 15) is 13.2 Å². The fraction of sp³-hybridized carbons (Fsp3) is 0.125. The Balaban J connectivity index is 1.86. The minimum Gasteiger partial charge on any atom is -0.497 e. The molecule has 1 heterocycles. The molecule has 0 bridgehead atoms. The van der Waals surface area contributed by atoms with Crippen molar-refractivity contribution in [3.63, 3.8) is 0 Å². The van der Waals surface area contributed by atoms with Crippen molar-refractivity contribution in [2.75, 3.05) is 7.11 Å². The summed E-state index contributed by atoms with van der Waals surface area (Å²) in [5.41, 5.74) is 1.65. The maximum atomic E-state index is 12.3. The van der Waals surface area contributed by atoms with Gasteiger partial charge in [-0.05, 0) is 36.4 Å². The number of halogens is 3. The molecule has 3 rings (SSSR count). The van der Waals surface area contributed by atoms with Crippen molar-refractivity contribution < 1.29 is 22.6 Å². The Morgan fingerprint density at radius 1 is 1.00 bits per heavy atom. The van der Waals surface area contributed by atoms with E-state index in [2.05, 4.69) is 15.0 Å². The van der Waals surface area contributed by atoms with Crippen molar-refractivity contribution >= 4 is 0 Å². The van der Waals surface area contributed by atoms with Gasteiger partial charge in [-0.3, -0.25) is 0 Å². The number of hydrogen-bond acceptors (Lipinski definition) is 4. The lowest BCUT2D eigenvalue weighted by molar-refractivity contribution is -0.274. The molecule has 124 valence electrons. The Labute approximate surface area is 135 Å². The molecule has 0 unspecified atom stereocenters. The monoisotopic (exact) mass is 335 g/mol. The van der Waals surface area contributed by atoms with Gasteiger partial charge < -0.3 is 9.47 Å². The van der Waals surface area contributed by atoms with Crippen LogP contribution in [-0.2, 0) is 0 Å². The Kier molecular flexibility index (Phi) is 4.11. The highest BCUT2D eigenvalue weighted by molar-refractivity contribution is 5.60. The lowest BCUT2D eigenvalue weighted by Gasteiger charge is -2.09. The van der Waals surface area contributed by atoms with E-state index in [1.165, 1.54) is 22.9 Å². The van der Waals surface area contributed by atoms with Gasteiger partial charge in [-0.15, -0.1) is 18.3 Å². The number of aromatic nitrogens is 3. The van der Waals surface area contributed by atoms with E-state index in [-0.39, 0.29) is 5.75 Å². The SMILES string of the molecule is COc1ccc(-n2cc(-c3cccc(OC(F)(F)F)c3)nn2)cc1. The van der Waals surface area contributed by atoms with Gasteiger partial charge in [0.1, 0.15) is 17.2 Å². The zero-order chi connectivity index (χ0) is 17.2. The minimum atomic E-state index is -4.74. The summed E-state index contributed by atoms with van der Waals surface area (Å²) in [6.45, 7) is 0. The summed E-state index contributed by atoms with van der Waals surface area (Å²) in [5.74, 6) is 0.398. The highest BCUT2D eigenvalue weighted by atomic mass is 19.4. The van der Waals surface area contributed by atoms with Crippen LogP contribution >= 0.6 is 0 Å². The Morgan fingerprint density at radius 3 is 2.42 bits per heavy atom. The predicted octanol–water partition coefficient (Wildman–Crippen LogP) is 3.84. The smallest absolute Gasteiger partial charge is 0.497 e. The molecular formula is C16H12F3N3O2. The minimum absolute atomic E-state index is 0.306. The van der Waals surface area contributed by atoms with Crippen LogP contribution in [0.3, 0.4) is 0 Å². The first-order valence-corrected chi connectivity index (χ1v) is 6.87. The van der Waals surface area contributed by atoms with Gasteiger partial charge in [-0.25, -0.2) is 4.68 Å². The van der Waals surface area contributed by atoms with Crippen LogP contribution in [0.5, 0.6) is 11.5 Å². The summed E-state index contributed by atoms with van der Waals surface area (Å²) in [5, 5.41) is 7.97. The first-order valence-electron chi connectivity index (χ1n) is 6.87. The van der Waals surface area contributed by atoms with Crippen LogP contribution in [0.15, 0.2) is 54.7 Å². The highest BCUT2D eigenvalue weighted by Gasteiger charge is 2.31. The van der Waals surface area contributed by atoms with Gasteiger partial charge >= 0.3 is 6.36 Å². The Hall–Kier alpha value is -3.03. The zero-order valence-electron chi connectivity index (χ0n) is 12.5. The third kappa shape index (κ3) is 3.65. The second kappa shape index (κ2) is 6.23. The van der Waals surface area contributed by atoms with E-state index >= 15 is 0 Å². The first kappa shape index (κ1) is 15.9. The summed E-state index contributed by atoms with van der Waals surface area (Å²) < 4.78 is 47.4. The van der Waals surface area contributed by atoms with Crippen LogP contribution in [-0.4, -0.2) is 28.5 Å². The molecule has 8 heteroatoms. The number of hydrogen-bond donors (Lipinski definition) is 0. The molecule has 0 saturated heterocycles. The number of alkyl halides is 3. The van der Waals surface area contributed by atoms with Crippen LogP contribution in [0.25, 0.3) is 16.9 Å². The Morgan fingerprint density at radius 2 is 1.75 bits per heavy atom. The maximum Gasteiger partial charge on any atom is 0.573 e. The summed E-state index contributed by atoms with van der Waals surface area (Å²) in [7, 11) is 1.57. The predicted molar refractivity (Wildman–Crippen MR) is 80.0 cm³/mol. The molecule has 0 saturated carbocycles. The fourth-order valence-corrected chi connectivity index (χ4v) is 2.11. The average molecular weight is 335 g/mol. The summed E-state index contributed by atoms with van der Waals surface area (Å²) >= 11 is 0. The molecule has 1 aromatic heterocycles. The molecule has 0 atom stereocenters. The molecule has 5 nitrogen and oxygen atoms in total. The summed E-state index contributed by atoms with van der Waals surface area (Å²) in [6.07, 6.45) is -3.12.